The second kappa shape index (κ2) is 7.56. The molecule has 1 fully saturated rings. The van der Waals surface area contributed by atoms with Gasteiger partial charge in [0.05, 0.1) is 5.92 Å². The Balaban J connectivity index is 1.65. The third kappa shape index (κ3) is 4.39. The van der Waals surface area contributed by atoms with Crippen molar-refractivity contribution >= 4 is 11.7 Å². The lowest BCUT2D eigenvalue weighted by atomic mass is 9.97. The SMILES string of the molecule is O=C(Nc1ccc(-c2ccc(F)cc2)cc1)N1C[C@@H](CO)[C@H](C(F)(F)F)C1. The van der Waals surface area contributed by atoms with Crippen molar-refractivity contribution in [1.82, 2.24) is 4.90 Å². The van der Waals surface area contributed by atoms with E-state index in [0.717, 1.165) is 16.0 Å². The van der Waals surface area contributed by atoms with Crippen LogP contribution in [0.3, 0.4) is 0 Å². The first-order chi connectivity index (χ1) is 12.8. The van der Waals surface area contributed by atoms with E-state index in [1.54, 1.807) is 36.4 Å². The number of anilines is 1. The highest BCUT2D eigenvalue weighted by molar-refractivity contribution is 5.89. The Hall–Kier alpha value is -2.61. The average Bonchev–Trinajstić information content (AvgIpc) is 3.08. The van der Waals surface area contributed by atoms with Crippen LogP contribution in [-0.4, -0.2) is 41.9 Å². The van der Waals surface area contributed by atoms with E-state index in [9.17, 15) is 22.4 Å². The minimum absolute atomic E-state index is 0.153. The van der Waals surface area contributed by atoms with Gasteiger partial charge in [-0.15, -0.1) is 0 Å². The molecule has 2 aromatic rings. The van der Waals surface area contributed by atoms with Gasteiger partial charge in [0.1, 0.15) is 5.82 Å². The molecule has 4 nitrogen and oxygen atoms in total. The third-order valence-electron chi connectivity index (χ3n) is 4.70. The maximum absolute atomic E-state index is 13.0. The van der Waals surface area contributed by atoms with Crippen LogP contribution in [0.1, 0.15) is 0 Å². The molecule has 27 heavy (non-hydrogen) atoms. The number of aliphatic hydroxyl groups excluding tert-OH is 1. The number of nitrogens with one attached hydrogen (secondary N) is 1. The number of aliphatic hydroxyl groups is 1. The number of hydrogen-bond acceptors (Lipinski definition) is 2. The van der Waals surface area contributed by atoms with Gasteiger partial charge >= 0.3 is 12.2 Å². The normalized spacial score (nSPS) is 20.0. The van der Waals surface area contributed by atoms with Crippen LogP contribution in [0.15, 0.2) is 48.5 Å². The maximum atomic E-state index is 13.0. The lowest BCUT2D eigenvalue weighted by molar-refractivity contribution is -0.182. The van der Waals surface area contributed by atoms with Gasteiger partial charge in [-0.05, 0) is 35.4 Å². The van der Waals surface area contributed by atoms with E-state index in [1.165, 1.54) is 12.1 Å². The standard InChI is InChI=1S/C19H18F4N2O2/c20-15-5-1-12(2-6-15)13-3-7-16(8-4-13)24-18(27)25-9-14(11-26)17(10-25)19(21,22)23/h1-8,14,17,26H,9-11H2,(H,24,27)/t14-,17+/m0/s1. The monoisotopic (exact) mass is 382 g/mol. The Morgan fingerprint density at radius 2 is 1.59 bits per heavy atom. The second-order valence-electron chi connectivity index (χ2n) is 6.51. The summed E-state index contributed by atoms with van der Waals surface area (Å²) in [5.41, 5.74) is 2.04. The molecule has 1 saturated heterocycles. The fourth-order valence-corrected chi connectivity index (χ4v) is 3.18. The number of likely N-dealkylation sites (tertiary alicyclic amines) is 1. The molecule has 0 spiro atoms. The van der Waals surface area contributed by atoms with E-state index < -0.39 is 37.2 Å². The highest BCUT2D eigenvalue weighted by Crippen LogP contribution is 2.37. The topological polar surface area (TPSA) is 52.6 Å². The first-order valence-corrected chi connectivity index (χ1v) is 8.37. The first kappa shape index (κ1) is 19.2. The Morgan fingerprint density at radius 3 is 2.07 bits per heavy atom. The van der Waals surface area contributed by atoms with E-state index in [4.69, 9.17) is 5.11 Å². The summed E-state index contributed by atoms with van der Waals surface area (Å²) in [5, 5.41) is 11.7. The molecule has 0 saturated carbocycles. The summed E-state index contributed by atoms with van der Waals surface area (Å²) in [6.45, 7) is -1.26. The highest BCUT2D eigenvalue weighted by Gasteiger charge is 2.50. The predicted octanol–water partition coefficient (Wildman–Crippen LogP) is 4.13. The Bertz CT molecular complexity index is 791. The molecular weight excluding hydrogens is 364 g/mol. The number of halogens is 4. The molecule has 0 aliphatic carbocycles. The summed E-state index contributed by atoms with van der Waals surface area (Å²) in [7, 11) is 0. The van der Waals surface area contributed by atoms with Gasteiger partial charge in [-0.25, -0.2) is 9.18 Å². The molecule has 0 aromatic heterocycles. The van der Waals surface area contributed by atoms with Crippen molar-refractivity contribution in [2.45, 2.75) is 6.18 Å². The molecule has 2 amide bonds. The van der Waals surface area contributed by atoms with E-state index in [-0.39, 0.29) is 12.4 Å². The van der Waals surface area contributed by atoms with Gasteiger partial charge in [0.25, 0.3) is 0 Å². The summed E-state index contributed by atoms with van der Waals surface area (Å²) in [5.74, 6) is -3.09. The van der Waals surface area contributed by atoms with Crippen molar-refractivity contribution in [1.29, 1.82) is 0 Å². The molecule has 1 aliphatic heterocycles. The molecular formula is C19H18F4N2O2. The van der Waals surface area contributed by atoms with Gasteiger partial charge in [0.2, 0.25) is 0 Å². The maximum Gasteiger partial charge on any atom is 0.393 e. The summed E-state index contributed by atoms with van der Waals surface area (Å²) in [4.78, 5) is 13.3. The smallest absolute Gasteiger partial charge is 0.393 e. The summed E-state index contributed by atoms with van der Waals surface area (Å²) < 4.78 is 52.0. The Labute approximate surface area is 153 Å². The molecule has 1 heterocycles. The molecule has 2 N–H and O–H groups in total. The lowest BCUT2D eigenvalue weighted by Crippen LogP contribution is -2.35. The number of nitrogens with zero attached hydrogens (tertiary/aromatic N) is 1. The van der Waals surface area contributed by atoms with Gasteiger partial charge in [0.15, 0.2) is 0 Å². The third-order valence-corrected chi connectivity index (χ3v) is 4.70. The van der Waals surface area contributed by atoms with Crippen molar-refractivity contribution in [2.75, 3.05) is 25.0 Å². The van der Waals surface area contributed by atoms with Gasteiger partial charge in [0, 0.05) is 31.3 Å². The van der Waals surface area contributed by atoms with Crippen LogP contribution in [0.2, 0.25) is 0 Å². The van der Waals surface area contributed by atoms with E-state index in [1.807, 2.05) is 0 Å². The molecule has 3 rings (SSSR count). The van der Waals surface area contributed by atoms with Gasteiger partial charge in [-0.1, -0.05) is 24.3 Å². The van der Waals surface area contributed by atoms with Crippen LogP contribution in [0.4, 0.5) is 28.0 Å². The van der Waals surface area contributed by atoms with E-state index >= 15 is 0 Å². The van der Waals surface area contributed by atoms with Crippen LogP contribution in [0.5, 0.6) is 0 Å². The molecule has 2 atom stereocenters. The van der Waals surface area contributed by atoms with E-state index in [0.29, 0.717) is 5.69 Å². The number of rotatable bonds is 3. The number of amides is 2. The average molecular weight is 382 g/mol. The number of carbonyl (C=O) groups is 1. The second-order valence-corrected chi connectivity index (χ2v) is 6.51. The van der Waals surface area contributed by atoms with E-state index in [2.05, 4.69) is 5.32 Å². The molecule has 2 aromatic carbocycles. The van der Waals surface area contributed by atoms with Crippen molar-refractivity contribution in [3.63, 3.8) is 0 Å². The highest BCUT2D eigenvalue weighted by atomic mass is 19.4. The summed E-state index contributed by atoms with van der Waals surface area (Å²) in [6.07, 6.45) is -4.46. The van der Waals surface area contributed by atoms with Crippen molar-refractivity contribution in [2.24, 2.45) is 11.8 Å². The number of urea groups is 1. The van der Waals surface area contributed by atoms with Crippen LogP contribution in [0.25, 0.3) is 11.1 Å². The number of hydrogen-bond donors (Lipinski definition) is 2. The van der Waals surface area contributed by atoms with Gasteiger partial charge in [-0.3, -0.25) is 0 Å². The van der Waals surface area contributed by atoms with Gasteiger partial charge < -0.3 is 15.3 Å². The van der Waals surface area contributed by atoms with Crippen LogP contribution >= 0.6 is 0 Å². The van der Waals surface area contributed by atoms with Crippen molar-refractivity contribution in [3.05, 3.63) is 54.3 Å². The van der Waals surface area contributed by atoms with Crippen molar-refractivity contribution < 1.29 is 27.5 Å². The minimum Gasteiger partial charge on any atom is -0.396 e. The minimum atomic E-state index is -4.46. The fourth-order valence-electron chi connectivity index (χ4n) is 3.18. The zero-order valence-electron chi connectivity index (χ0n) is 14.2. The number of carbonyl (C=O) groups excluding carboxylic acids is 1. The Morgan fingerprint density at radius 1 is 1.04 bits per heavy atom. The zero-order valence-corrected chi connectivity index (χ0v) is 14.2. The molecule has 0 unspecified atom stereocenters. The van der Waals surface area contributed by atoms with Gasteiger partial charge in [-0.2, -0.15) is 13.2 Å². The molecule has 144 valence electrons. The van der Waals surface area contributed by atoms with Crippen molar-refractivity contribution in [3.8, 4) is 11.1 Å². The molecule has 1 aliphatic rings. The quantitative estimate of drug-likeness (QED) is 0.785. The first-order valence-electron chi connectivity index (χ1n) is 8.37. The Kier molecular flexibility index (Phi) is 5.36. The van der Waals surface area contributed by atoms with Crippen LogP contribution in [0, 0.1) is 17.7 Å². The predicted molar refractivity (Wildman–Crippen MR) is 92.5 cm³/mol. The van der Waals surface area contributed by atoms with Crippen LogP contribution < -0.4 is 5.32 Å². The zero-order chi connectivity index (χ0) is 19.6. The molecule has 8 heteroatoms. The number of benzene rings is 2. The summed E-state index contributed by atoms with van der Waals surface area (Å²) in [6, 6.07) is 12.0. The number of alkyl halides is 3. The fraction of sp³-hybridized carbons (Fsp3) is 0.316. The molecule has 0 radical (unpaired) electrons. The largest absolute Gasteiger partial charge is 0.396 e. The van der Waals surface area contributed by atoms with Crippen LogP contribution in [-0.2, 0) is 0 Å². The lowest BCUT2D eigenvalue weighted by Gasteiger charge is -2.19. The molecule has 0 bridgehead atoms. The summed E-state index contributed by atoms with van der Waals surface area (Å²) >= 11 is 0.